The molecule has 3 aromatic rings. The average Bonchev–Trinajstić information content (AvgIpc) is 2.46. The predicted octanol–water partition coefficient (Wildman–Crippen LogP) is 4.95. The molecule has 0 saturated carbocycles. The summed E-state index contributed by atoms with van der Waals surface area (Å²) in [6.45, 7) is 0. The van der Waals surface area contributed by atoms with E-state index in [0.717, 1.165) is 21.5 Å². The summed E-state index contributed by atoms with van der Waals surface area (Å²) in [7, 11) is 2.04. The summed E-state index contributed by atoms with van der Waals surface area (Å²) in [5.74, 6) is 0. The molecule has 0 heterocycles. The van der Waals surface area contributed by atoms with Crippen LogP contribution in [0.25, 0.3) is 10.8 Å². The summed E-state index contributed by atoms with van der Waals surface area (Å²) in [5.41, 5.74) is 9.05. The van der Waals surface area contributed by atoms with E-state index < -0.39 is 0 Å². The third-order valence-electron chi connectivity index (χ3n) is 3.48. The van der Waals surface area contributed by atoms with Crippen LogP contribution >= 0.6 is 15.9 Å². The van der Waals surface area contributed by atoms with Crippen molar-refractivity contribution in [3.8, 4) is 0 Å². The van der Waals surface area contributed by atoms with Crippen LogP contribution in [0.1, 0.15) is 0 Å². The maximum Gasteiger partial charge on any atom is 0.0642 e. The molecule has 0 unspecified atom stereocenters. The van der Waals surface area contributed by atoms with Gasteiger partial charge in [0.05, 0.1) is 11.4 Å². The molecule has 0 bridgehead atoms. The van der Waals surface area contributed by atoms with Crippen molar-refractivity contribution in [2.45, 2.75) is 0 Å². The number of hydrogen-bond acceptors (Lipinski definition) is 2. The Kier molecular flexibility index (Phi) is 3.36. The molecule has 0 aromatic heterocycles. The van der Waals surface area contributed by atoms with Gasteiger partial charge in [-0.15, -0.1) is 0 Å². The molecule has 20 heavy (non-hydrogen) atoms. The maximum atomic E-state index is 6.13. The minimum Gasteiger partial charge on any atom is -0.397 e. The third-order valence-corrected chi connectivity index (χ3v) is 3.97. The molecule has 0 fully saturated rings. The number of halogens is 1. The number of benzene rings is 3. The largest absolute Gasteiger partial charge is 0.397 e. The fourth-order valence-corrected chi connectivity index (χ4v) is 2.84. The highest BCUT2D eigenvalue weighted by Crippen LogP contribution is 2.34. The second-order valence-corrected chi connectivity index (χ2v) is 5.68. The minimum atomic E-state index is 0.759. The third kappa shape index (κ3) is 2.25. The first-order valence-corrected chi connectivity index (χ1v) is 7.22. The summed E-state index contributed by atoms with van der Waals surface area (Å²) in [4.78, 5) is 2.13. The Morgan fingerprint density at radius 2 is 1.65 bits per heavy atom. The van der Waals surface area contributed by atoms with Gasteiger partial charge in [0.15, 0.2) is 0 Å². The van der Waals surface area contributed by atoms with Crippen LogP contribution in [0.2, 0.25) is 0 Å². The number of nitrogens with two attached hydrogens (primary N) is 1. The molecule has 2 nitrogen and oxygen atoms in total. The van der Waals surface area contributed by atoms with Crippen LogP contribution < -0.4 is 10.6 Å². The zero-order valence-corrected chi connectivity index (χ0v) is 12.8. The lowest BCUT2D eigenvalue weighted by Gasteiger charge is -2.23. The Morgan fingerprint density at radius 1 is 0.900 bits per heavy atom. The minimum absolute atomic E-state index is 0.759. The second-order valence-electron chi connectivity index (χ2n) is 4.76. The first-order valence-electron chi connectivity index (χ1n) is 6.43. The first-order chi connectivity index (χ1) is 9.66. The van der Waals surface area contributed by atoms with Gasteiger partial charge in [0, 0.05) is 22.6 Å². The van der Waals surface area contributed by atoms with Crippen molar-refractivity contribution < 1.29 is 0 Å². The van der Waals surface area contributed by atoms with E-state index in [1.54, 1.807) is 0 Å². The molecule has 0 aliphatic carbocycles. The molecule has 0 radical (unpaired) electrons. The van der Waals surface area contributed by atoms with Gasteiger partial charge in [-0.05, 0) is 29.7 Å². The molecule has 0 saturated heterocycles. The summed E-state index contributed by atoms with van der Waals surface area (Å²) in [5, 5.41) is 2.45. The van der Waals surface area contributed by atoms with Gasteiger partial charge < -0.3 is 10.6 Å². The van der Waals surface area contributed by atoms with E-state index in [2.05, 4.69) is 63.3 Å². The molecule has 3 rings (SSSR count). The van der Waals surface area contributed by atoms with Crippen LogP contribution in [0, 0.1) is 0 Å². The van der Waals surface area contributed by atoms with Gasteiger partial charge in [-0.3, -0.25) is 0 Å². The smallest absolute Gasteiger partial charge is 0.0642 e. The molecular weight excluding hydrogens is 312 g/mol. The number of anilines is 3. The fourth-order valence-electron chi connectivity index (χ4n) is 2.46. The fraction of sp³-hybridized carbons (Fsp3) is 0.0588. The quantitative estimate of drug-likeness (QED) is 0.675. The van der Waals surface area contributed by atoms with Crippen LogP contribution in [0.3, 0.4) is 0 Å². The van der Waals surface area contributed by atoms with Crippen molar-refractivity contribution in [1.29, 1.82) is 0 Å². The average molecular weight is 327 g/mol. The molecular formula is C17H15BrN2. The zero-order chi connectivity index (χ0) is 14.1. The molecule has 0 atom stereocenters. The summed E-state index contributed by atoms with van der Waals surface area (Å²) in [6, 6.07) is 20.6. The maximum absolute atomic E-state index is 6.13. The van der Waals surface area contributed by atoms with Crippen LogP contribution in [0.4, 0.5) is 17.1 Å². The molecule has 0 spiro atoms. The molecule has 0 aliphatic rings. The van der Waals surface area contributed by atoms with Crippen molar-refractivity contribution in [1.82, 2.24) is 0 Å². The summed E-state index contributed by atoms with van der Waals surface area (Å²) < 4.78 is 0.991. The van der Waals surface area contributed by atoms with E-state index in [4.69, 9.17) is 5.73 Å². The molecule has 0 aliphatic heterocycles. The van der Waals surface area contributed by atoms with Crippen LogP contribution in [-0.2, 0) is 0 Å². The Balaban J connectivity index is 2.15. The molecule has 100 valence electrons. The highest BCUT2D eigenvalue weighted by molar-refractivity contribution is 9.10. The first kappa shape index (κ1) is 13.0. The van der Waals surface area contributed by atoms with E-state index in [9.17, 15) is 0 Å². The predicted molar refractivity (Wildman–Crippen MR) is 90.6 cm³/mol. The molecule has 3 heteroatoms. The summed E-state index contributed by atoms with van der Waals surface area (Å²) in [6.07, 6.45) is 0. The number of fused-ring (bicyclic) bond motifs is 1. The van der Waals surface area contributed by atoms with Gasteiger partial charge >= 0.3 is 0 Å². The van der Waals surface area contributed by atoms with E-state index in [1.165, 1.54) is 10.8 Å². The summed E-state index contributed by atoms with van der Waals surface area (Å²) >= 11 is 3.44. The Bertz CT molecular complexity index is 763. The topological polar surface area (TPSA) is 29.3 Å². The lowest BCUT2D eigenvalue weighted by molar-refractivity contribution is 1.22. The van der Waals surface area contributed by atoms with Crippen molar-refractivity contribution in [3.63, 3.8) is 0 Å². The van der Waals surface area contributed by atoms with Crippen LogP contribution in [0.5, 0.6) is 0 Å². The van der Waals surface area contributed by atoms with Gasteiger partial charge in [-0.1, -0.05) is 52.3 Å². The van der Waals surface area contributed by atoms with E-state index in [0.29, 0.717) is 0 Å². The lowest BCUT2D eigenvalue weighted by atomic mass is 10.1. The van der Waals surface area contributed by atoms with E-state index in [-0.39, 0.29) is 0 Å². The molecule has 2 N–H and O–H groups in total. The Labute approximate surface area is 127 Å². The second kappa shape index (κ2) is 5.17. The SMILES string of the molecule is CN(c1ccc(Br)cc1N)c1cccc2ccccc12. The zero-order valence-electron chi connectivity index (χ0n) is 11.2. The highest BCUT2D eigenvalue weighted by Gasteiger charge is 2.10. The number of nitrogens with zero attached hydrogens (tertiary/aromatic N) is 1. The number of rotatable bonds is 2. The van der Waals surface area contributed by atoms with Crippen molar-refractivity contribution in [3.05, 3.63) is 65.1 Å². The van der Waals surface area contributed by atoms with Gasteiger partial charge in [0.2, 0.25) is 0 Å². The molecule has 3 aromatic carbocycles. The van der Waals surface area contributed by atoms with E-state index in [1.807, 2.05) is 25.2 Å². The Hall–Kier alpha value is -2.00. The number of nitrogen functional groups attached to an aromatic ring is 1. The monoisotopic (exact) mass is 326 g/mol. The van der Waals surface area contributed by atoms with Gasteiger partial charge in [0.1, 0.15) is 0 Å². The van der Waals surface area contributed by atoms with Crippen LogP contribution in [0.15, 0.2) is 65.1 Å². The van der Waals surface area contributed by atoms with Gasteiger partial charge in [0.25, 0.3) is 0 Å². The number of hydrogen-bond donors (Lipinski definition) is 1. The standard InChI is InChI=1S/C17H15BrN2/c1-20(17-10-9-13(18)11-15(17)19)16-8-4-6-12-5-2-3-7-14(12)16/h2-11H,19H2,1H3. The van der Waals surface area contributed by atoms with Gasteiger partial charge in [-0.25, -0.2) is 0 Å². The van der Waals surface area contributed by atoms with Crippen molar-refractivity contribution in [2.24, 2.45) is 0 Å². The highest BCUT2D eigenvalue weighted by atomic mass is 79.9. The van der Waals surface area contributed by atoms with Gasteiger partial charge in [-0.2, -0.15) is 0 Å². The van der Waals surface area contributed by atoms with Crippen molar-refractivity contribution >= 4 is 43.8 Å². The lowest BCUT2D eigenvalue weighted by Crippen LogP contribution is -2.11. The van der Waals surface area contributed by atoms with E-state index >= 15 is 0 Å². The molecule has 0 amide bonds. The van der Waals surface area contributed by atoms with Crippen LogP contribution in [-0.4, -0.2) is 7.05 Å². The normalized spacial score (nSPS) is 10.7. The Morgan fingerprint density at radius 3 is 2.45 bits per heavy atom. The van der Waals surface area contributed by atoms with Crippen molar-refractivity contribution in [2.75, 3.05) is 17.7 Å².